The number of anilines is 1. The lowest BCUT2D eigenvalue weighted by molar-refractivity contribution is -0.148. The van der Waals surface area contributed by atoms with E-state index >= 15 is 0 Å². The zero-order valence-corrected chi connectivity index (χ0v) is 10.8. The summed E-state index contributed by atoms with van der Waals surface area (Å²) in [5, 5.41) is 9.33. The van der Waals surface area contributed by atoms with E-state index in [4.69, 9.17) is 0 Å². The van der Waals surface area contributed by atoms with Gasteiger partial charge in [0.25, 0.3) is 0 Å². The van der Waals surface area contributed by atoms with Crippen LogP contribution < -0.4 is 4.90 Å². The summed E-state index contributed by atoms with van der Waals surface area (Å²) in [6, 6.07) is 6.34. The van der Waals surface area contributed by atoms with Crippen molar-refractivity contribution in [2.45, 2.75) is 33.2 Å². The fourth-order valence-electron chi connectivity index (χ4n) is 2.62. The first-order chi connectivity index (χ1) is 7.84. The Morgan fingerprint density at radius 2 is 2.12 bits per heavy atom. The van der Waals surface area contributed by atoms with Crippen LogP contribution in [0.4, 0.5) is 5.69 Å². The van der Waals surface area contributed by atoms with Crippen molar-refractivity contribution in [1.29, 1.82) is 0 Å². The van der Waals surface area contributed by atoms with Gasteiger partial charge in [-0.1, -0.05) is 17.7 Å². The van der Waals surface area contributed by atoms with Gasteiger partial charge in [-0.15, -0.1) is 0 Å². The van der Waals surface area contributed by atoms with E-state index in [0.29, 0.717) is 0 Å². The summed E-state index contributed by atoms with van der Waals surface area (Å²) >= 11 is 0. The van der Waals surface area contributed by atoms with Crippen LogP contribution in [0.3, 0.4) is 0 Å². The Balaban J connectivity index is 2.37. The molecule has 1 aliphatic heterocycles. The molecule has 1 aromatic rings. The van der Waals surface area contributed by atoms with Crippen LogP contribution in [0.25, 0.3) is 0 Å². The fraction of sp³-hybridized carbons (Fsp3) is 0.500. The van der Waals surface area contributed by atoms with Gasteiger partial charge in [-0.25, -0.2) is 0 Å². The lowest BCUT2D eigenvalue weighted by Crippen LogP contribution is -2.46. The zero-order chi connectivity index (χ0) is 12.8. The molecule has 0 fully saturated rings. The molecule has 0 amide bonds. The highest BCUT2D eigenvalue weighted by Crippen LogP contribution is 2.39. The van der Waals surface area contributed by atoms with Gasteiger partial charge in [0, 0.05) is 18.8 Å². The van der Waals surface area contributed by atoms with Gasteiger partial charge in [-0.2, -0.15) is 0 Å². The number of aryl methyl sites for hydroxylation is 1. The minimum absolute atomic E-state index is 0.0248. The average Bonchev–Trinajstić information content (AvgIpc) is 2.55. The Morgan fingerprint density at radius 3 is 2.71 bits per heavy atom. The molecule has 1 unspecified atom stereocenters. The summed E-state index contributed by atoms with van der Waals surface area (Å²) in [6.07, 6.45) is 0.812. The molecular weight excluding hydrogens is 214 g/mol. The minimum atomic E-state index is -0.737. The van der Waals surface area contributed by atoms with Crippen molar-refractivity contribution in [3.63, 3.8) is 0 Å². The number of aliphatic carboxylic acids is 1. The fourth-order valence-corrected chi connectivity index (χ4v) is 2.62. The SMILES string of the molecule is Cc1ccc2c(c1)CC(C(C)(C)C(=O)O)N2C. The van der Waals surface area contributed by atoms with E-state index in [1.165, 1.54) is 11.1 Å². The van der Waals surface area contributed by atoms with Crippen molar-refractivity contribution in [3.05, 3.63) is 29.3 Å². The van der Waals surface area contributed by atoms with Gasteiger partial charge >= 0.3 is 5.97 Å². The first-order valence-electron chi connectivity index (χ1n) is 5.90. The van der Waals surface area contributed by atoms with Gasteiger partial charge < -0.3 is 10.0 Å². The van der Waals surface area contributed by atoms with E-state index < -0.39 is 11.4 Å². The smallest absolute Gasteiger partial charge is 0.311 e. The second kappa shape index (κ2) is 3.76. The second-order valence-electron chi connectivity index (χ2n) is 5.49. The Bertz CT molecular complexity index is 465. The third kappa shape index (κ3) is 1.79. The Hall–Kier alpha value is -1.51. The Kier molecular flexibility index (Phi) is 2.64. The van der Waals surface area contributed by atoms with E-state index in [2.05, 4.69) is 30.0 Å². The van der Waals surface area contributed by atoms with Crippen LogP contribution in [0.15, 0.2) is 18.2 Å². The molecule has 0 saturated heterocycles. The van der Waals surface area contributed by atoms with Gasteiger partial charge in [-0.05, 0) is 38.8 Å². The first kappa shape index (κ1) is 12.0. The van der Waals surface area contributed by atoms with E-state index in [1.807, 2.05) is 7.05 Å². The number of hydrogen-bond donors (Lipinski definition) is 1. The minimum Gasteiger partial charge on any atom is -0.481 e. The molecule has 17 heavy (non-hydrogen) atoms. The maximum absolute atomic E-state index is 11.3. The number of hydrogen-bond acceptors (Lipinski definition) is 2. The molecule has 1 aromatic carbocycles. The highest BCUT2D eigenvalue weighted by molar-refractivity contribution is 5.77. The normalized spacial score (nSPS) is 19.3. The number of carboxylic acids is 1. The Morgan fingerprint density at radius 1 is 1.47 bits per heavy atom. The highest BCUT2D eigenvalue weighted by Gasteiger charge is 2.43. The molecular formula is C14H19NO2. The highest BCUT2D eigenvalue weighted by atomic mass is 16.4. The second-order valence-corrected chi connectivity index (χ2v) is 5.49. The number of carboxylic acid groups (broad SMARTS) is 1. The molecule has 0 aromatic heterocycles. The van der Waals surface area contributed by atoms with E-state index in [9.17, 15) is 9.90 Å². The molecule has 1 atom stereocenters. The van der Waals surface area contributed by atoms with Crippen molar-refractivity contribution >= 4 is 11.7 Å². The van der Waals surface area contributed by atoms with Crippen molar-refractivity contribution < 1.29 is 9.90 Å². The first-order valence-corrected chi connectivity index (χ1v) is 5.90. The third-order valence-corrected chi connectivity index (χ3v) is 3.88. The molecule has 92 valence electrons. The van der Waals surface area contributed by atoms with Crippen LogP contribution in [0.5, 0.6) is 0 Å². The van der Waals surface area contributed by atoms with Crippen molar-refractivity contribution in [1.82, 2.24) is 0 Å². The molecule has 3 heteroatoms. The standard InChI is InChI=1S/C14H19NO2/c1-9-5-6-11-10(7-9)8-12(15(11)4)14(2,3)13(16)17/h5-7,12H,8H2,1-4H3,(H,16,17). The summed E-state index contributed by atoms with van der Waals surface area (Å²) in [4.78, 5) is 13.4. The third-order valence-electron chi connectivity index (χ3n) is 3.88. The van der Waals surface area contributed by atoms with Gasteiger partial charge in [0.15, 0.2) is 0 Å². The van der Waals surface area contributed by atoms with Crippen LogP contribution in [-0.2, 0) is 11.2 Å². The van der Waals surface area contributed by atoms with Crippen molar-refractivity contribution in [2.75, 3.05) is 11.9 Å². The summed E-state index contributed by atoms with van der Waals surface area (Å²) in [5.41, 5.74) is 2.91. The maximum atomic E-state index is 11.3. The molecule has 1 N–H and O–H groups in total. The monoisotopic (exact) mass is 233 g/mol. The molecule has 0 saturated carbocycles. The van der Waals surface area contributed by atoms with Crippen molar-refractivity contribution in [2.24, 2.45) is 5.41 Å². The van der Waals surface area contributed by atoms with Gasteiger partial charge in [0.2, 0.25) is 0 Å². The molecule has 0 bridgehead atoms. The van der Waals surface area contributed by atoms with Crippen LogP contribution in [0, 0.1) is 12.3 Å². The lowest BCUT2D eigenvalue weighted by atomic mass is 9.82. The predicted octanol–water partition coefficient (Wildman–Crippen LogP) is 2.47. The van der Waals surface area contributed by atoms with Gasteiger partial charge in [-0.3, -0.25) is 4.79 Å². The van der Waals surface area contributed by atoms with E-state index in [1.54, 1.807) is 13.8 Å². The largest absolute Gasteiger partial charge is 0.481 e. The number of carbonyl (C=O) groups is 1. The molecule has 0 radical (unpaired) electrons. The molecule has 3 nitrogen and oxygen atoms in total. The van der Waals surface area contributed by atoms with E-state index in [-0.39, 0.29) is 6.04 Å². The molecule has 0 spiro atoms. The molecule has 1 heterocycles. The van der Waals surface area contributed by atoms with Crippen LogP contribution >= 0.6 is 0 Å². The number of fused-ring (bicyclic) bond motifs is 1. The van der Waals surface area contributed by atoms with Crippen LogP contribution in [0.2, 0.25) is 0 Å². The number of nitrogens with zero attached hydrogens (tertiary/aromatic N) is 1. The summed E-state index contributed by atoms with van der Waals surface area (Å²) in [6.45, 7) is 5.67. The zero-order valence-electron chi connectivity index (χ0n) is 10.8. The van der Waals surface area contributed by atoms with Gasteiger partial charge in [0.1, 0.15) is 0 Å². The molecule has 0 aliphatic carbocycles. The summed E-state index contributed by atoms with van der Waals surface area (Å²) < 4.78 is 0. The predicted molar refractivity (Wildman–Crippen MR) is 68.5 cm³/mol. The molecule has 2 rings (SSSR count). The van der Waals surface area contributed by atoms with Crippen LogP contribution in [-0.4, -0.2) is 24.2 Å². The Labute approximate surface area is 102 Å². The number of rotatable bonds is 2. The molecule has 1 aliphatic rings. The van der Waals surface area contributed by atoms with Crippen molar-refractivity contribution in [3.8, 4) is 0 Å². The summed E-state index contributed by atoms with van der Waals surface area (Å²) in [7, 11) is 1.98. The van der Waals surface area contributed by atoms with E-state index in [0.717, 1.165) is 12.1 Å². The lowest BCUT2D eigenvalue weighted by Gasteiger charge is -2.33. The topological polar surface area (TPSA) is 40.5 Å². The van der Waals surface area contributed by atoms with Crippen LogP contribution in [0.1, 0.15) is 25.0 Å². The van der Waals surface area contributed by atoms with Gasteiger partial charge in [0.05, 0.1) is 5.41 Å². The number of benzene rings is 1. The summed E-state index contributed by atoms with van der Waals surface area (Å²) in [5.74, 6) is -0.737. The quantitative estimate of drug-likeness (QED) is 0.853. The number of likely N-dealkylation sites (N-methyl/N-ethyl adjacent to an activating group) is 1. The maximum Gasteiger partial charge on any atom is 0.311 e. The average molecular weight is 233 g/mol.